The van der Waals surface area contributed by atoms with Crippen LogP contribution >= 0.6 is 7.60 Å². The Hall–Kier alpha value is -2.48. The molecule has 0 aliphatic carbocycles. The SMILES string of the molecule is CCOP(=O)(Cc1ccccc1OCCn1cnc2c(N)ncnc21)OCC. The number of ether oxygens (including phenoxy) is 1. The van der Waals surface area contributed by atoms with Crippen LogP contribution in [0.3, 0.4) is 0 Å². The number of hydrogen-bond donors (Lipinski definition) is 1. The number of imidazole rings is 1. The van der Waals surface area contributed by atoms with Crippen LogP contribution < -0.4 is 10.5 Å². The molecule has 0 saturated carbocycles. The van der Waals surface area contributed by atoms with Crippen LogP contribution in [0, 0.1) is 0 Å². The molecule has 1 aromatic carbocycles. The van der Waals surface area contributed by atoms with Crippen molar-refractivity contribution in [2.75, 3.05) is 25.6 Å². The van der Waals surface area contributed by atoms with Crippen molar-refractivity contribution in [2.24, 2.45) is 0 Å². The monoisotopic (exact) mass is 405 g/mol. The fourth-order valence-corrected chi connectivity index (χ4v) is 4.54. The molecule has 0 spiro atoms. The number of fused-ring (bicyclic) bond motifs is 1. The van der Waals surface area contributed by atoms with Crippen molar-refractivity contribution in [3.8, 4) is 5.75 Å². The van der Waals surface area contributed by atoms with E-state index in [0.29, 0.717) is 49.1 Å². The van der Waals surface area contributed by atoms with Crippen molar-refractivity contribution in [3.05, 3.63) is 42.5 Å². The van der Waals surface area contributed by atoms with Gasteiger partial charge in [0.05, 0.1) is 32.2 Å². The molecule has 10 heteroatoms. The second-order valence-electron chi connectivity index (χ2n) is 5.93. The summed E-state index contributed by atoms with van der Waals surface area (Å²) in [6.07, 6.45) is 3.22. The number of para-hydroxylation sites is 1. The summed E-state index contributed by atoms with van der Waals surface area (Å²) in [5.41, 5.74) is 7.80. The number of nitrogens with zero attached hydrogens (tertiary/aromatic N) is 4. The second kappa shape index (κ2) is 9.14. The Morgan fingerprint density at radius 2 is 1.86 bits per heavy atom. The van der Waals surface area contributed by atoms with Gasteiger partial charge < -0.3 is 24.1 Å². The van der Waals surface area contributed by atoms with Gasteiger partial charge in [0, 0.05) is 5.56 Å². The molecule has 9 nitrogen and oxygen atoms in total. The lowest BCUT2D eigenvalue weighted by atomic mass is 10.2. The highest BCUT2D eigenvalue weighted by molar-refractivity contribution is 7.53. The molecule has 0 bridgehead atoms. The van der Waals surface area contributed by atoms with E-state index < -0.39 is 7.60 Å². The molecule has 2 heterocycles. The third-order valence-corrected chi connectivity index (χ3v) is 6.04. The fraction of sp³-hybridized carbons (Fsp3) is 0.389. The van der Waals surface area contributed by atoms with Crippen molar-refractivity contribution in [1.82, 2.24) is 19.5 Å². The molecule has 0 aliphatic rings. The van der Waals surface area contributed by atoms with Crippen LogP contribution in [0.5, 0.6) is 5.75 Å². The lowest BCUT2D eigenvalue weighted by Crippen LogP contribution is -2.09. The number of aromatic nitrogens is 4. The molecule has 0 radical (unpaired) electrons. The molecule has 150 valence electrons. The predicted octanol–water partition coefficient (Wildman–Crippen LogP) is 3.25. The number of rotatable bonds is 10. The molecule has 3 aromatic rings. The van der Waals surface area contributed by atoms with E-state index in [1.54, 1.807) is 20.2 Å². The molecule has 3 rings (SSSR count). The summed E-state index contributed by atoms with van der Waals surface area (Å²) in [5, 5.41) is 0. The largest absolute Gasteiger partial charge is 0.491 e. The van der Waals surface area contributed by atoms with E-state index in [4.69, 9.17) is 19.5 Å². The Balaban J connectivity index is 1.69. The number of benzene rings is 1. The maximum Gasteiger partial charge on any atom is 0.335 e. The fourth-order valence-electron chi connectivity index (χ4n) is 2.82. The van der Waals surface area contributed by atoms with Gasteiger partial charge in [0.1, 0.15) is 24.2 Å². The third kappa shape index (κ3) is 4.67. The van der Waals surface area contributed by atoms with Crippen LogP contribution in [-0.2, 0) is 26.3 Å². The highest BCUT2D eigenvalue weighted by atomic mass is 31.2. The van der Waals surface area contributed by atoms with E-state index in [2.05, 4.69) is 15.0 Å². The summed E-state index contributed by atoms with van der Waals surface area (Å²) < 4.78 is 31.4. The highest BCUT2D eigenvalue weighted by Crippen LogP contribution is 2.52. The number of anilines is 1. The van der Waals surface area contributed by atoms with Gasteiger partial charge in [-0.2, -0.15) is 0 Å². The van der Waals surface area contributed by atoms with Gasteiger partial charge in [-0.1, -0.05) is 18.2 Å². The van der Waals surface area contributed by atoms with Gasteiger partial charge in [-0.3, -0.25) is 4.57 Å². The zero-order chi connectivity index (χ0) is 20.0. The van der Waals surface area contributed by atoms with Gasteiger partial charge in [0.15, 0.2) is 11.5 Å². The smallest absolute Gasteiger partial charge is 0.335 e. The van der Waals surface area contributed by atoms with E-state index in [0.717, 1.165) is 5.56 Å². The van der Waals surface area contributed by atoms with Crippen LogP contribution in [-0.4, -0.2) is 39.3 Å². The zero-order valence-corrected chi connectivity index (χ0v) is 16.8. The quantitative estimate of drug-likeness (QED) is 0.511. The Morgan fingerprint density at radius 3 is 2.61 bits per heavy atom. The van der Waals surface area contributed by atoms with Crippen LogP contribution in [0.2, 0.25) is 0 Å². The number of hydrogen-bond acceptors (Lipinski definition) is 8. The molecule has 2 N–H and O–H groups in total. The lowest BCUT2D eigenvalue weighted by molar-refractivity contribution is 0.218. The normalized spacial score (nSPS) is 11.8. The van der Waals surface area contributed by atoms with E-state index in [1.807, 2.05) is 28.8 Å². The average Bonchev–Trinajstić information content (AvgIpc) is 3.08. The first-order valence-electron chi connectivity index (χ1n) is 9.06. The molecule has 0 amide bonds. The van der Waals surface area contributed by atoms with Crippen molar-refractivity contribution in [2.45, 2.75) is 26.6 Å². The van der Waals surface area contributed by atoms with Gasteiger partial charge in [0.25, 0.3) is 0 Å². The third-order valence-electron chi connectivity index (χ3n) is 4.01. The van der Waals surface area contributed by atoms with Gasteiger partial charge >= 0.3 is 7.60 Å². The summed E-state index contributed by atoms with van der Waals surface area (Å²) in [6, 6.07) is 7.43. The molecule has 0 atom stereocenters. The standard InChI is InChI=1S/C18H24N5O4P/c1-3-26-28(24,27-4-2)11-14-7-5-6-8-15(14)25-10-9-23-13-22-16-17(19)20-12-21-18(16)23/h5-8,12-13H,3-4,9-11H2,1-2H3,(H2,19,20,21). The molecular formula is C18H24N5O4P. The van der Waals surface area contributed by atoms with Crippen LogP contribution in [0.1, 0.15) is 19.4 Å². The molecule has 0 fully saturated rings. The average molecular weight is 405 g/mol. The van der Waals surface area contributed by atoms with E-state index in [9.17, 15) is 4.57 Å². The minimum Gasteiger partial charge on any atom is -0.491 e. The molecule has 0 aliphatic heterocycles. The summed E-state index contributed by atoms with van der Waals surface area (Å²) in [7, 11) is -3.21. The Labute approximate surface area is 163 Å². The van der Waals surface area contributed by atoms with Crippen molar-refractivity contribution >= 4 is 24.6 Å². The van der Waals surface area contributed by atoms with Crippen molar-refractivity contribution in [3.63, 3.8) is 0 Å². The summed E-state index contributed by atoms with van der Waals surface area (Å²) >= 11 is 0. The Morgan fingerprint density at radius 1 is 1.11 bits per heavy atom. The van der Waals surface area contributed by atoms with Crippen LogP contribution in [0.4, 0.5) is 5.82 Å². The first-order chi connectivity index (χ1) is 13.6. The zero-order valence-electron chi connectivity index (χ0n) is 15.9. The van der Waals surface area contributed by atoms with Gasteiger partial charge in [0.2, 0.25) is 0 Å². The van der Waals surface area contributed by atoms with Crippen molar-refractivity contribution < 1.29 is 18.3 Å². The number of nitrogens with two attached hydrogens (primary N) is 1. The Bertz CT molecular complexity index is 968. The maximum absolute atomic E-state index is 12.8. The molecule has 2 aromatic heterocycles. The van der Waals surface area contributed by atoms with Gasteiger partial charge in [-0.25, -0.2) is 15.0 Å². The molecule has 28 heavy (non-hydrogen) atoms. The number of nitrogen functional groups attached to an aromatic ring is 1. The molecular weight excluding hydrogens is 381 g/mol. The van der Waals surface area contributed by atoms with E-state index in [-0.39, 0.29) is 6.16 Å². The maximum atomic E-state index is 12.8. The topological polar surface area (TPSA) is 114 Å². The summed E-state index contributed by atoms with van der Waals surface area (Å²) in [5.74, 6) is 0.985. The summed E-state index contributed by atoms with van der Waals surface area (Å²) in [6.45, 7) is 5.12. The van der Waals surface area contributed by atoms with Crippen LogP contribution in [0.15, 0.2) is 36.9 Å². The second-order valence-corrected chi connectivity index (χ2v) is 7.98. The lowest BCUT2D eigenvalue weighted by Gasteiger charge is -2.19. The molecule has 0 unspecified atom stereocenters. The minimum atomic E-state index is -3.21. The summed E-state index contributed by atoms with van der Waals surface area (Å²) in [4.78, 5) is 12.4. The predicted molar refractivity (Wildman–Crippen MR) is 106 cm³/mol. The first-order valence-corrected chi connectivity index (χ1v) is 10.8. The van der Waals surface area contributed by atoms with E-state index in [1.165, 1.54) is 6.33 Å². The Kier molecular flexibility index (Phi) is 6.61. The first kappa shape index (κ1) is 20.3. The van der Waals surface area contributed by atoms with Gasteiger partial charge in [-0.05, 0) is 19.9 Å². The van der Waals surface area contributed by atoms with E-state index >= 15 is 0 Å². The van der Waals surface area contributed by atoms with Crippen molar-refractivity contribution in [1.29, 1.82) is 0 Å². The van der Waals surface area contributed by atoms with Crippen LogP contribution in [0.25, 0.3) is 11.2 Å². The highest BCUT2D eigenvalue weighted by Gasteiger charge is 2.25. The minimum absolute atomic E-state index is 0.155. The molecule has 0 saturated heterocycles. The van der Waals surface area contributed by atoms with Gasteiger partial charge in [-0.15, -0.1) is 0 Å².